The van der Waals surface area contributed by atoms with Gasteiger partial charge in [-0.2, -0.15) is 0 Å². The molecule has 0 atom stereocenters. The smallest absolute Gasteiger partial charge is 0.204 e. The zero-order valence-corrected chi connectivity index (χ0v) is 5.90. The minimum atomic E-state index is 0.172. The topological polar surface area (TPSA) is 17.1 Å². The van der Waals surface area contributed by atoms with Crippen LogP contribution < -0.4 is 5.16 Å². The number of hydrogen-bond donors (Lipinski definition) is 0. The molecule has 0 aliphatic heterocycles. The number of hydrogen-bond acceptors (Lipinski definition) is 1. The summed E-state index contributed by atoms with van der Waals surface area (Å²) in [5.74, 6) is 1.94. The third kappa shape index (κ3) is 1.69. The first-order valence-corrected chi connectivity index (χ1v) is 4.15. The molecule has 40 valence electrons. The summed E-state index contributed by atoms with van der Waals surface area (Å²) in [7, 11) is 1.94. The van der Waals surface area contributed by atoms with Crippen LogP contribution in [0.4, 0.5) is 0 Å². The van der Waals surface area contributed by atoms with E-state index in [0.29, 0.717) is 0 Å². The van der Waals surface area contributed by atoms with Crippen molar-refractivity contribution in [2.24, 2.45) is 0 Å². The van der Waals surface area contributed by atoms with Crippen molar-refractivity contribution < 1.29 is 0 Å². The molecular weight excluding hydrogens is 138 g/mol. The third-order valence-electron chi connectivity index (χ3n) is 0.663. The van der Waals surface area contributed by atoms with Crippen LogP contribution in [0, 0.1) is 0 Å². The summed E-state index contributed by atoms with van der Waals surface area (Å²) in [6.07, 6.45) is 0. The molecule has 0 saturated carbocycles. The molecule has 0 radical (unpaired) electrons. The molecule has 0 unspecified atom stereocenters. The molecule has 1 aromatic rings. The Labute approximate surface area is 50.6 Å². The lowest BCUT2D eigenvalue weighted by atomic mass is 10.7. The maximum Gasteiger partial charge on any atom is 0.204 e. The highest BCUT2D eigenvalue weighted by Gasteiger charge is 1.71. The average Bonchev–Trinajstić information content (AvgIpc) is 1.94. The van der Waals surface area contributed by atoms with Crippen LogP contribution in [0.15, 0.2) is 28.3 Å². The highest BCUT2D eigenvalue weighted by atomic mass is 31.1. The fraction of sp³-hybridized carbons (Fsp3) is 0. The minimum Gasteiger partial charge on any atom is -0.285 e. The molecule has 0 saturated heterocycles. The summed E-state index contributed by atoms with van der Waals surface area (Å²) in [5.41, 5.74) is 1.92. The third-order valence-corrected chi connectivity index (χ3v) is 2.41. The van der Waals surface area contributed by atoms with Gasteiger partial charge in [0.25, 0.3) is 0 Å². The largest absolute Gasteiger partial charge is 0.285 e. The summed E-state index contributed by atoms with van der Waals surface area (Å²) >= 11 is 0. The van der Waals surface area contributed by atoms with E-state index in [-0.39, 0.29) is 5.16 Å². The van der Waals surface area contributed by atoms with Crippen molar-refractivity contribution in [1.29, 1.82) is 0 Å². The van der Waals surface area contributed by atoms with E-state index in [1.165, 1.54) is 0 Å². The Balaban J connectivity index is 3.32. The van der Waals surface area contributed by atoms with Gasteiger partial charge in [-0.3, -0.25) is 4.79 Å². The molecule has 1 rings (SSSR count). The van der Waals surface area contributed by atoms with E-state index in [9.17, 15) is 4.79 Å². The fourth-order valence-electron chi connectivity index (χ4n) is 0.347. The standard InChI is InChI=1S/C5H4OP2/c6-5-2-1-3-7-4-8-5/h1-4H. The highest BCUT2D eigenvalue weighted by Crippen LogP contribution is 2.03. The highest BCUT2D eigenvalue weighted by molar-refractivity contribution is 7.42. The Morgan fingerprint density at radius 2 is 2.38 bits per heavy atom. The van der Waals surface area contributed by atoms with Crippen LogP contribution in [-0.4, -0.2) is 0 Å². The summed E-state index contributed by atoms with van der Waals surface area (Å²) in [6.45, 7) is 0. The zero-order chi connectivity index (χ0) is 5.82. The van der Waals surface area contributed by atoms with Gasteiger partial charge in [-0.1, -0.05) is 14.3 Å². The first-order chi connectivity index (χ1) is 3.89. The van der Waals surface area contributed by atoms with Gasteiger partial charge in [0, 0.05) is 0 Å². The van der Waals surface area contributed by atoms with Gasteiger partial charge in [0.1, 0.15) is 0 Å². The maximum absolute atomic E-state index is 10.5. The SMILES string of the molecule is O=c1cccpcp1. The Kier molecular flexibility index (Phi) is 2.14. The Morgan fingerprint density at radius 3 is 3.25 bits per heavy atom. The number of rotatable bonds is 0. The van der Waals surface area contributed by atoms with E-state index in [1.807, 2.05) is 11.3 Å². The van der Waals surface area contributed by atoms with Crippen LogP contribution in [0.2, 0.25) is 0 Å². The lowest BCUT2D eigenvalue weighted by Gasteiger charge is -1.54. The quantitative estimate of drug-likeness (QED) is 0.542. The molecule has 1 aromatic heterocycles. The maximum atomic E-state index is 10.5. The molecule has 0 aliphatic rings. The fourth-order valence-corrected chi connectivity index (χ4v) is 1.73. The van der Waals surface area contributed by atoms with Crippen LogP contribution in [-0.2, 0) is 0 Å². The Bertz CT molecular complexity index is 201. The molecule has 0 spiro atoms. The summed E-state index contributed by atoms with van der Waals surface area (Å²) in [6, 6.07) is 3.39. The molecule has 8 heavy (non-hydrogen) atoms. The monoisotopic (exact) mass is 142 g/mol. The van der Waals surface area contributed by atoms with E-state index in [4.69, 9.17) is 0 Å². The molecule has 0 amide bonds. The second kappa shape index (κ2) is 2.91. The molecule has 0 N–H and O–H groups in total. The van der Waals surface area contributed by atoms with Crippen LogP contribution >= 0.6 is 16.4 Å². The Hall–Kier alpha value is -0.250. The second-order valence-corrected chi connectivity index (χ2v) is 3.46. The molecule has 1 nitrogen and oxygen atoms in total. The van der Waals surface area contributed by atoms with E-state index >= 15 is 0 Å². The van der Waals surface area contributed by atoms with Crippen LogP contribution in [0.1, 0.15) is 0 Å². The Morgan fingerprint density at radius 1 is 1.50 bits per heavy atom. The lowest BCUT2D eigenvalue weighted by molar-refractivity contribution is 1.84. The summed E-state index contributed by atoms with van der Waals surface area (Å²) in [4.78, 5) is 10.5. The molecule has 0 fully saturated rings. The van der Waals surface area contributed by atoms with E-state index in [2.05, 4.69) is 0 Å². The van der Waals surface area contributed by atoms with Gasteiger partial charge >= 0.3 is 0 Å². The second-order valence-electron chi connectivity index (χ2n) is 1.24. The van der Waals surface area contributed by atoms with Crippen LogP contribution in [0.5, 0.6) is 0 Å². The summed E-state index contributed by atoms with van der Waals surface area (Å²) in [5, 5.41) is 0.172. The zero-order valence-electron chi connectivity index (χ0n) is 4.11. The van der Waals surface area contributed by atoms with Gasteiger partial charge in [0.2, 0.25) is 5.16 Å². The predicted molar refractivity (Wildman–Crippen MR) is 37.7 cm³/mol. The normalized spacial score (nSPS) is 10.5. The lowest BCUT2D eigenvalue weighted by Crippen LogP contribution is -1.79. The minimum absolute atomic E-state index is 0.172. The van der Waals surface area contributed by atoms with Crippen molar-refractivity contribution in [3.63, 3.8) is 0 Å². The first-order valence-electron chi connectivity index (χ1n) is 2.16. The average molecular weight is 142 g/mol. The van der Waals surface area contributed by atoms with Crippen LogP contribution in [0.25, 0.3) is 0 Å². The van der Waals surface area contributed by atoms with Crippen molar-refractivity contribution in [2.45, 2.75) is 0 Å². The molecule has 3 heteroatoms. The van der Waals surface area contributed by atoms with Crippen molar-refractivity contribution in [3.8, 4) is 0 Å². The molecular formula is C5H4OP2. The van der Waals surface area contributed by atoms with Crippen molar-refractivity contribution in [3.05, 3.63) is 33.4 Å². The molecule has 0 aromatic carbocycles. The molecule has 0 bridgehead atoms. The van der Waals surface area contributed by atoms with Gasteiger partial charge in [-0.15, -0.1) is 0 Å². The van der Waals surface area contributed by atoms with Gasteiger partial charge in [-0.05, 0) is 25.6 Å². The van der Waals surface area contributed by atoms with Gasteiger partial charge in [0.15, 0.2) is 0 Å². The van der Waals surface area contributed by atoms with Crippen LogP contribution in [0.3, 0.4) is 0 Å². The first kappa shape index (κ1) is 5.88. The van der Waals surface area contributed by atoms with E-state index < -0.39 is 0 Å². The van der Waals surface area contributed by atoms with Gasteiger partial charge in [0.05, 0.1) is 0 Å². The van der Waals surface area contributed by atoms with Crippen molar-refractivity contribution in [1.82, 2.24) is 0 Å². The van der Waals surface area contributed by atoms with Crippen molar-refractivity contribution in [2.75, 3.05) is 0 Å². The predicted octanol–water partition coefficient (Wildman–Crippen LogP) is 2.21. The van der Waals surface area contributed by atoms with Gasteiger partial charge in [-0.25, -0.2) is 0 Å². The van der Waals surface area contributed by atoms with Crippen molar-refractivity contribution >= 4 is 16.4 Å². The molecule has 0 aliphatic carbocycles. The van der Waals surface area contributed by atoms with Gasteiger partial charge < -0.3 is 0 Å². The van der Waals surface area contributed by atoms with E-state index in [1.54, 1.807) is 12.1 Å². The van der Waals surface area contributed by atoms with E-state index in [0.717, 1.165) is 16.4 Å². The molecule has 1 heterocycles. The summed E-state index contributed by atoms with van der Waals surface area (Å²) < 4.78 is 0.